The van der Waals surface area contributed by atoms with Gasteiger partial charge in [0.2, 0.25) is 0 Å². The van der Waals surface area contributed by atoms with Crippen LogP contribution in [0.25, 0.3) is 6.08 Å². The Morgan fingerprint density at radius 2 is 2.03 bits per heavy atom. The Kier molecular flexibility index (Phi) is 6.76. The van der Waals surface area contributed by atoms with Crippen LogP contribution in [0.2, 0.25) is 0 Å². The SMILES string of the molecule is C=CCN1C(=O)S/C(=C/c2cc(OC)c(OCc3cccc(F)c3)cc2Br)C1=O. The lowest BCUT2D eigenvalue weighted by molar-refractivity contribution is -0.122. The lowest BCUT2D eigenvalue weighted by atomic mass is 10.1. The molecule has 0 aromatic heterocycles. The van der Waals surface area contributed by atoms with Gasteiger partial charge in [0.15, 0.2) is 11.5 Å². The fourth-order valence-electron chi connectivity index (χ4n) is 2.65. The van der Waals surface area contributed by atoms with Crippen molar-refractivity contribution >= 4 is 44.9 Å². The van der Waals surface area contributed by atoms with Crippen molar-refractivity contribution in [2.24, 2.45) is 0 Å². The van der Waals surface area contributed by atoms with E-state index >= 15 is 0 Å². The van der Waals surface area contributed by atoms with Gasteiger partial charge >= 0.3 is 0 Å². The number of imide groups is 1. The molecule has 0 unspecified atom stereocenters. The Morgan fingerprint density at radius 3 is 2.72 bits per heavy atom. The summed E-state index contributed by atoms with van der Waals surface area (Å²) in [6, 6.07) is 9.55. The number of ether oxygens (including phenoxy) is 2. The molecule has 1 heterocycles. The molecule has 2 aromatic carbocycles. The Labute approximate surface area is 180 Å². The fourth-order valence-corrected chi connectivity index (χ4v) is 3.93. The van der Waals surface area contributed by atoms with Crippen LogP contribution >= 0.6 is 27.7 Å². The van der Waals surface area contributed by atoms with Crippen molar-refractivity contribution in [2.75, 3.05) is 13.7 Å². The van der Waals surface area contributed by atoms with Crippen molar-refractivity contribution in [3.05, 3.63) is 75.4 Å². The van der Waals surface area contributed by atoms with Crippen LogP contribution in [-0.2, 0) is 11.4 Å². The summed E-state index contributed by atoms with van der Waals surface area (Å²) in [4.78, 5) is 25.8. The Morgan fingerprint density at radius 1 is 1.24 bits per heavy atom. The first-order valence-electron chi connectivity index (χ1n) is 8.54. The van der Waals surface area contributed by atoms with Crippen molar-refractivity contribution in [3.63, 3.8) is 0 Å². The molecule has 150 valence electrons. The van der Waals surface area contributed by atoms with E-state index in [4.69, 9.17) is 9.47 Å². The highest BCUT2D eigenvalue weighted by atomic mass is 79.9. The number of benzene rings is 2. The van der Waals surface area contributed by atoms with Crippen LogP contribution in [0, 0.1) is 5.82 Å². The summed E-state index contributed by atoms with van der Waals surface area (Å²) in [5.74, 6) is 0.207. The molecule has 1 aliphatic heterocycles. The number of halogens is 2. The highest BCUT2D eigenvalue weighted by Crippen LogP contribution is 2.38. The lowest BCUT2D eigenvalue weighted by Gasteiger charge is -2.13. The van der Waals surface area contributed by atoms with Crippen LogP contribution < -0.4 is 9.47 Å². The third-order valence-electron chi connectivity index (χ3n) is 4.04. The van der Waals surface area contributed by atoms with E-state index in [1.54, 1.807) is 30.3 Å². The van der Waals surface area contributed by atoms with Crippen LogP contribution in [0.4, 0.5) is 9.18 Å². The quantitative estimate of drug-likeness (QED) is 0.394. The summed E-state index contributed by atoms with van der Waals surface area (Å²) in [5, 5.41) is -0.334. The van der Waals surface area contributed by atoms with E-state index in [9.17, 15) is 14.0 Å². The highest BCUT2D eigenvalue weighted by molar-refractivity contribution is 9.10. The van der Waals surface area contributed by atoms with Crippen molar-refractivity contribution < 1.29 is 23.5 Å². The maximum Gasteiger partial charge on any atom is 0.293 e. The molecule has 2 aromatic rings. The van der Waals surface area contributed by atoms with Gasteiger partial charge < -0.3 is 9.47 Å². The lowest BCUT2D eigenvalue weighted by Crippen LogP contribution is -2.27. The number of thioether (sulfide) groups is 1. The van der Waals surface area contributed by atoms with E-state index in [0.29, 0.717) is 32.0 Å². The van der Waals surface area contributed by atoms with E-state index in [1.807, 2.05) is 0 Å². The van der Waals surface area contributed by atoms with E-state index in [-0.39, 0.29) is 30.1 Å². The standard InChI is InChI=1S/C21H17BrFNO4S/c1-3-7-24-20(25)19(29-21(24)26)10-14-9-17(27-2)18(11-16(14)22)28-12-13-5-4-6-15(23)8-13/h3-6,8-11H,1,7,12H2,2H3/b19-10+. The first kappa shape index (κ1) is 21.1. The summed E-state index contributed by atoms with van der Waals surface area (Å²) < 4.78 is 25.2. The number of carbonyl (C=O) groups excluding carboxylic acids is 2. The van der Waals surface area contributed by atoms with Gasteiger partial charge in [0.05, 0.1) is 12.0 Å². The zero-order valence-corrected chi connectivity index (χ0v) is 17.9. The van der Waals surface area contributed by atoms with Gasteiger partial charge in [0.1, 0.15) is 12.4 Å². The van der Waals surface area contributed by atoms with Gasteiger partial charge in [0, 0.05) is 11.0 Å². The van der Waals surface area contributed by atoms with Gasteiger partial charge in [-0.25, -0.2) is 4.39 Å². The third kappa shape index (κ3) is 4.89. The molecule has 0 N–H and O–H groups in total. The Hall–Kier alpha value is -2.58. The Balaban J connectivity index is 1.84. The molecular formula is C21H17BrFNO4S. The molecule has 3 rings (SSSR count). The van der Waals surface area contributed by atoms with Gasteiger partial charge in [-0.05, 0) is 53.2 Å². The molecule has 8 heteroatoms. The summed E-state index contributed by atoms with van der Waals surface area (Å²) in [5.41, 5.74) is 1.34. The van der Waals surface area contributed by atoms with Crippen molar-refractivity contribution in [1.29, 1.82) is 0 Å². The average molecular weight is 478 g/mol. The maximum atomic E-state index is 13.3. The normalized spacial score (nSPS) is 15.1. The van der Waals surface area contributed by atoms with Crippen molar-refractivity contribution in [3.8, 4) is 11.5 Å². The zero-order valence-electron chi connectivity index (χ0n) is 15.5. The second-order valence-electron chi connectivity index (χ2n) is 6.02. The van der Waals surface area contributed by atoms with Gasteiger partial charge in [0.25, 0.3) is 11.1 Å². The zero-order chi connectivity index (χ0) is 21.0. The van der Waals surface area contributed by atoms with Gasteiger partial charge in [-0.3, -0.25) is 14.5 Å². The van der Waals surface area contributed by atoms with Crippen LogP contribution in [0.15, 0.2) is 58.4 Å². The van der Waals surface area contributed by atoms with E-state index in [1.165, 1.54) is 25.3 Å². The smallest absolute Gasteiger partial charge is 0.293 e. The minimum atomic E-state index is -0.364. The van der Waals surface area contributed by atoms with E-state index < -0.39 is 0 Å². The summed E-state index contributed by atoms with van der Waals surface area (Å²) >= 11 is 4.34. The molecule has 29 heavy (non-hydrogen) atoms. The predicted molar refractivity (Wildman–Crippen MR) is 114 cm³/mol. The van der Waals surface area contributed by atoms with Crippen LogP contribution in [0.1, 0.15) is 11.1 Å². The number of carbonyl (C=O) groups is 2. The number of amides is 2. The molecule has 0 spiro atoms. The highest BCUT2D eigenvalue weighted by Gasteiger charge is 2.34. The molecule has 1 fully saturated rings. The molecule has 0 atom stereocenters. The fraction of sp³-hybridized carbons (Fsp3) is 0.143. The minimum absolute atomic E-state index is 0.166. The number of hydrogen-bond donors (Lipinski definition) is 0. The minimum Gasteiger partial charge on any atom is -0.493 e. The number of rotatable bonds is 7. The summed E-state index contributed by atoms with van der Waals surface area (Å²) in [6.45, 7) is 3.89. The van der Waals surface area contributed by atoms with Crippen molar-refractivity contribution in [1.82, 2.24) is 4.90 Å². The molecule has 1 aliphatic rings. The Bertz CT molecular complexity index is 1010. The largest absolute Gasteiger partial charge is 0.493 e. The topological polar surface area (TPSA) is 55.8 Å². The van der Waals surface area contributed by atoms with E-state index in [0.717, 1.165) is 16.7 Å². The van der Waals surface area contributed by atoms with Crippen LogP contribution in [0.3, 0.4) is 0 Å². The summed E-state index contributed by atoms with van der Waals surface area (Å²) in [6.07, 6.45) is 3.12. The first-order valence-corrected chi connectivity index (χ1v) is 10.1. The molecular weight excluding hydrogens is 461 g/mol. The van der Waals surface area contributed by atoms with Crippen LogP contribution in [0.5, 0.6) is 11.5 Å². The average Bonchev–Trinajstić information content (AvgIpc) is 2.96. The number of nitrogens with zero attached hydrogens (tertiary/aromatic N) is 1. The molecule has 5 nitrogen and oxygen atoms in total. The second-order valence-corrected chi connectivity index (χ2v) is 7.87. The van der Waals surface area contributed by atoms with Crippen molar-refractivity contribution in [2.45, 2.75) is 6.61 Å². The van der Waals surface area contributed by atoms with Crippen LogP contribution in [-0.4, -0.2) is 29.7 Å². The van der Waals surface area contributed by atoms with Gasteiger partial charge in [-0.15, -0.1) is 6.58 Å². The summed E-state index contributed by atoms with van der Waals surface area (Å²) in [7, 11) is 1.50. The molecule has 0 bridgehead atoms. The van der Waals surface area contributed by atoms with Gasteiger partial charge in [-0.1, -0.05) is 34.1 Å². The maximum absolute atomic E-state index is 13.3. The monoisotopic (exact) mass is 477 g/mol. The molecule has 2 amide bonds. The number of methoxy groups -OCH3 is 1. The first-order chi connectivity index (χ1) is 13.9. The van der Waals surface area contributed by atoms with E-state index in [2.05, 4.69) is 22.5 Å². The molecule has 0 aliphatic carbocycles. The molecule has 0 saturated carbocycles. The number of hydrogen-bond acceptors (Lipinski definition) is 5. The molecule has 1 saturated heterocycles. The van der Waals surface area contributed by atoms with Gasteiger partial charge in [-0.2, -0.15) is 0 Å². The third-order valence-corrected chi connectivity index (χ3v) is 5.63. The predicted octanol–water partition coefficient (Wildman–Crippen LogP) is 5.40. The second kappa shape index (κ2) is 9.28. The molecule has 0 radical (unpaired) electrons.